The van der Waals surface area contributed by atoms with Crippen molar-refractivity contribution in [2.45, 2.75) is 38.5 Å². The number of likely N-dealkylation sites (tertiary alicyclic amines) is 1. The molecule has 3 aromatic heterocycles. The lowest BCUT2D eigenvalue weighted by Gasteiger charge is -2.43. The van der Waals surface area contributed by atoms with Crippen LogP contribution in [0.1, 0.15) is 49.8 Å². The van der Waals surface area contributed by atoms with Crippen molar-refractivity contribution in [1.29, 1.82) is 0 Å². The molecule has 3 aromatic rings. The molecule has 5 rings (SSSR count). The van der Waals surface area contributed by atoms with Crippen molar-refractivity contribution in [2.24, 2.45) is 12.5 Å². The molecule has 0 atom stereocenters. The molecule has 0 saturated carbocycles. The normalized spacial score (nSPS) is 17.7. The Bertz CT molecular complexity index is 1320. The Hall–Kier alpha value is -3.69. The molecule has 35 heavy (non-hydrogen) atoms. The zero-order valence-corrected chi connectivity index (χ0v) is 19.5. The zero-order chi connectivity index (χ0) is 24.7. The Balaban J connectivity index is 1.53. The van der Waals surface area contributed by atoms with Crippen molar-refractivity contribution >= 4 is 28.3 Å². The Kier molecular flexibility index (Phi) is 5.82. The number of nitrogens with zero attached hydrogens (tertiary/aromatic N) is 6. The van der Waals surface area contributed by atoms with E-state index in [1.165, 1.54) is 12.4 Å². The van der Waals surface area contributed by atoms with Crippen molar-refractivity contribution in [2.75, 3.05) is 18.8 Å². The second kappa shape index (κ2) is 8.83. The molecule has 0 unspecified atom stereocenters. The number of allylic oxidation sites excluding steroid dienone is 2. The van der Waals surface area contributed by atoms with Gasteiger partial charge in [0.2, 0.25) is 5.91 Å². The Morgan fingerprint density at radius 1 is 1.17 bits per heavy atom. The highest BCUT2D eigenvalue weighted by atomic mass is 19.3. The van der Waals surface area contributed by atoms with Crippen molar-refractivity contribution in [3.63, 3.8) is 0 Å². The van der Waals surface area contributed by atoms with Crippen LogP contribution in [0.25, 0.3) is 28.0 Å². The predicted octanol–water partition coefficient (Wildman–Crippen LogP) is 4.31. The van der Waals surface area contributed by atoms with E-state index >= 15 is 0 Å². The lowest BCUT2D eigenvalue weighted by Crippen LogP contribution is -2.43. The van der Waals surface area contributed by atoms with Gasteiger partial charge in [0.15, 0.2) is 5.82 Å². The summed E-state index contributed by atoms with van der Waals surface area (Å²) in [7, 11) is 1.91. The second-order valence-electron chi connectivity index (χ2n) is 9.34. The van der Waals surface area contributed by atoms with Crippen molar-refractivity contribution in [1.82, 2.24) is 29.4 Å². The van der Waals surface area contributed by atoms with Crippen molar-refractivity contribution < 1.29 is 13.6 Å². The fourth-order valence-corrected chi connectivity index (χ4v) is 5.39. The summed E-state index contributed by atoms with van der Waals surface area (Å²) in [6.45, 7) is 5.07. The number of nitrogens with two attached hydrogens (primary N) is 1. The lowest BCUT2D eigenvalue weighted by molar-refractivity contribution is -0.128. The van der Waals surface area contributed by atoms with E-state index in [0.29, 0.717) is 28.2 Å². The van der Waals surface area contributed by atoms with E-state index in [0.717, 1.165) is 68.9 Å². The fraction of sp³-hybridized carbons (Fsp3) is 0.400. The molecular weight excluding hydrogens is 452 g/mol. The quantitative estimate of drug-likeness (QED) is 0.560. The van der Waals surface area contributed by atoms with Gasteiger partial charge in [0.05, 0.1) is 22.2 Å². The Morgan fingerprint density at radius 3 is 2.49 bits per heavy atom. The molecule has 1 amide bonds. The highest BCUT2D eigenvalue weighted by Gasteiger charge is 2.37. The number of hydrogen-bond donors (Lipinski definition) is 1. The predicted molar refractivity (Wildman–Crippen MR) is 129 cm³/mol. The first-order valence-corrected chi connectivity index (χ1v) is 11.6. The van der Waals surface area contributed by atoms with Crippen molar-refractivity contribution in [3.05, 3.63) is 48.7 Å². The van der Waals surface area contributed by atoms with Crippen LogP contribution in [0.5, 0.6) is 0 Å². The maximum atomic E-state index is 13.1. The van der Waals surface area contributed by atoms with E-state index in [-0.39, 0.29) is 16.9 Å². The van der Waals surface area contributed by atoms with Gasteiger partial charge in [-0.2, -0.15) is 0 Å². The minimum Gasteiger partial charge on any atom is -0.383 e. The average molecular weight is 480 g/mol. The first-order valence-electron chi connectivity index (χ1n) is 11.6. The van der Waals surface area contributed by atoms with E-state index in [2.05, 4.69) is 32.6 Å². The van der Waals surface area contributed by atoms with Gasteiger partial charge in [-0.1, -0.05) is 12.7 Å². The molecule has 1 aliphatic heterocycles. The van der Waals surface area contributed by atoms with Gasteiger partial charge in [0.1, 0.15) is 17.8 Å². The van der Waals surface area contributed by atoms with E-state index in [1.54, 1.807) is 0 Å². The van der Waals surface area contributed by atoms with Crippen LogP contribution >= 0.6 is 0 Å². The third kappa shape index (κ3) is 3.96. The van der Waals surface area contributed by atoms with E-state index in [9.17, 15) is 13.6 Å². The molecule has 0 aromatic carbocycles. The summed E-state index contributed by atoms with van der Waals surface area (Å²) >= 11 is 0. The summed E-state index contributed by atoms with van der Waals surface area (Å²) < 4.78 is 28.2. The zero-order valence-electron chi connectivity index (χ0n) is 19.5. The molecule has 8 nitrogen and oxygen atoms in total. The lowest BCUT2D eigenvalue weighted by atomic mass is 9.68. The number of anilines is 1. The third-order valence-corrected chi connectivity index (χ3v) is 7.46. The largest absolute Gasteiger partial charge is 0.383 e. The van der Waals surface area contributed by atoms with Gasteiger partial charge in [0, 0.05) is 32.5 Å². The van der Waals surface area contributed by atoms with E-state index in [1.807, 2.05) is 16.5 Å². The summed E-state index contributed by atoms with van der Waals surface area (Å²) in [6.07, 6.45) is 9.32. The van der Waals surface area contributed by atoms with Crippen LogP contribution in [0.15, 0.2) is 37.5 Å². The summed E-state index contributed by atoms with van der Waals surface area (Å²) in [5, 5.41) is 0.618. The van der Waals surface area contributed by atoms with Gasteiger partial charge >= 0.3 is 0 Å². The standard InChI is InChI=1S/C25H27F2N7O/c1-3-17(35)34-10-8-25(9-11-34)6-4-15(5-7-25)20-18(23-29-12-16(13-30-23)21(26)27)19-22(28)31-14-32-24(19)33(20)2/h3-4,12-14,21H,1,5-11H2,2H3,(H2,28,31,32). The number of amides is 1. The number of aromatic nitrogens is 5. The van der Waals surface area contributed by atoms with Crippen LogP contribution in [0.3, 0.4) is 0 Å². The van der Waals surface area contributed by atoms with Gasteiger partial charge in [-0.15, -0.1) is 0 Å². The topological polar surface area (TPSA) is 103 Å². The molecule has 0 bridgehead atoms. The summed E-state index contributed by atoms with van der Waals surface area (Å²) in [5.41, 5.74) is 9.48. The molecule has 2 N–H and O–H groups in total. The molecule has 182 valence electrons. The number of halogens is 2. The molecule has 1 aliphatic carbocycles. The van der Waals surface area contributed by atoms with Crippen LogP contribution in [0, 0.1) is 5.41 Å². The SMILES string of the molecule is C=CC(=O)N1CCC2(CC=C(c3c(-c4ncc(C(F)F)cn4)c4c(N)ncnc4n3C)CC2)CC1. The smallest absolute Gasteiger partial charge is 0.266 e. The number of piperidine rings is 1. The Morgan fingerprint density at radius 2 is 1.89 bits per heavy atom. The maximum Gasteiger partial charge on any atom is 0.266 e. The number of aryl methyl sites for hydroxylation is 1. The molecule has 1 saturated heterocycles. The first-order chi connectivity index (χ1) is 16.8. The molecule has 2 aliphatic rings. The highest BCUT2D eigenvalue weighted by molar-refractivity contribution is 6.04. The number of carbonyl (C=O) groups excluding carboxylic acids is 1. The maximum absolute atomic E-state index is 13.1. The van der Waals surface area contributed by atoms with Crippen molar-refractivity contribution in [3.8, 4) is 11.4 Å². The van der Waals surface area contributed by atoms with Gasteiger partial charge in [-0.05, 0) is 49.2 Å². The minimum atomic E-state index is -2.64. The number of alkyl halides is 2. The molecule has 0 radical (unpaired) electrons. The minimum absolute atomic E-state index is 0.0106. The molecule has 10 heteroatoms. The van der Waals surface area contributed by atoms with E-state index in [4.69, 9.17) is 5.73 Å². The van der Waals surface area contributed by atoms with E-state index < -0.39 is 6.43 Å². The number of nitrogen functional groups attached to an aromatic ring is 1. The number of hydrogen-bond acceptors (Lipinski definition) is 6. The number of rotatable bonds is 4. The van der Waals surface area contributed by atoms with Gasteiger partial charge < -0.3 is 15.2 Å². The van der Waals surface area contributed by atoms with Crippen LogP contribution < -0.4 is 5.73 Å². The summed E-state index contributed by atoms with van der Waals surface area (Å²) in [5.74, 6) is 0.595. The average Bonchev–Trinajstić information content (AvgIpc) is 3.18. The summed E-state index contributed by atoms with van der Waals surface area (Å²) in [6, 6.07) is 0. The fourth-order valence-electron chi connectivity index (χ4n) is 5.39. The number of fused-ring (bicyclic) bond motifs is 1. The first kappa shape index (κ1) is 23.1. The molecule has 4 heterocycles. The molecular formula is C25H27F2N7O. The second-order valence-corrected chi connectivity index (χ2v) is 9.34. The van der Waals surface area contributed by atoms with Crippen LogP contribution in [0.4, 0.5) is 14.6 Å². The van der Waals surface area contributed by atoms with Gasteiger partial charge in [-0.25, -0.2) is 28.7 Å². The molecule has 1 fully saturated rings. The van der Waals surface area contributed by atoms with Crippen LogP contribution in [-0.2, 0) is 11.8 Å². The monoisotopic (exact) mass is 479 g/mol. The highest BCUT2D eigenvalue weighted by Crippen LogP contribution is 2.48. The molecule has 1 spiro atoms. The third-order valence-electron chi connectivity index (χ3n) is 7.46. The summed E-state index contributed by atoms with van der Waals surface area (Å²) in [4.78, 5) is 30.9. The van der Waals surface area contributed by atoms with Crippen LogP contribution in [-0.4, -0.2) is 48.4 Å². The van der Waals surface area contributed by atoms with Crippen LogP contribution in [0.2, 0.25) is 0 Å². The van der Waals surface area contributed by atoms with Gasteiger partial charge in [-0.3, -0.25) is 4.79 Å². The number of carbonyl (C=O) groups is 1. The Labute approximate surface area is 201 Å². The van der Waals surface area contributed by atoms with Gasteiger partial charge in [0.25, 0.3) is 6.43 Å².